The molecule has 1 fully saturated rings. The highest BCUT2D eigenvalue weighted by atomic mass is 16.6. The molecule has 0 atom stereocenters. The van der Waals surface area contributed by atoms with Crippen LogP contribution in [0.1, 0.15) is 41.6 Å². The largest absolute Gasteiger partial charge is 0.451 e. The standard InChI is InChI=1S/C12H12O2/c13-11-9-5-1-2-6-10(9)12(14-11)7-3-4-8-12/h1-2,5-6H,3-4,7-8H2. The molecule has 72 valence electrons. The lowest BCUT2D eigenvalue weighted by atomic mass is 9.91. The van der Waals surface area contributed by atoms with Gasteiger partial charge < -0.3 is 4.74 Å². The van der Waals surface area contributed by atoms with Gasteiger partial charge in [0.15, 0.2) is 0 Å². The molecule has 1 aliphatic carbocycles. The van der Waals surface area contributed by atoms with E-state index in [1.54, 1.807) is 0 Å². The highest BCUT2D eigenvalue weighted by Gasteiger charge is 2.46. The Hall–Kier alpha value is -1.31. The second kappa shape index (κ2) is 2.59. The molecule has 0 unspecified atom stereocenters. The lowest BCUT2D eigenvalue weighted by Gasteiger charge is -2.22. The molecule has 2 nitrogen and oxygen atoms in total. The average Bonchev–Trinajstić information content (AvgIpc) is 2.77. The van der Waals surface area contributed by atoms with Crippen LogP contribution in [0.25, 0.3) is 0 Å². The number of ether oxygens (including phenoxy) is 1. The van der Waals surface area contributed by atoms with Gasteiger partial charge in [0.05, 0.1) is 5.56 Å². The summed E-state index contributed by atoms with van der Waals surface area (Å²) in [4.78, 5) is 11.6. The molecule has 1 aromatic rings. The van der Waals surface area contributed by atoms with Crippen LogP contribution in [0.5, 0.6) is 0 Å². The van der Waals surface area contributed by atoms with Gasteiger partial charge in [-0.15, -0.1) is 0 Å². The van der Waals surface area contributed by atoms with Crippen molar-refractivity contribution in [2.24, 2.45) is 0 Å². The summed E-state index contributed by atoms with van der Waals surface area (Å²) in [6, 6.07) is 7.78. The quantitative estimate of drug-likeness (QED) is 0.585. The molecule has 2 aliphatic rings. The van der Waals surface area contributed by atoms with Crippen molar-refractivity contribution in [1.82, 2.24) is 0 Å². The second-order valence-electron chi connectivity index (χ2n) is 4.14. The molecule has 14 heavy (non-hydrogen) atoms. The van der Waals surface area contributed by atoms with E-state index in [0.717, 1.165) is 24.0 Å². The number of hydrogen-bond donors (Lipinski definition) is 0. The Bertz CT molecular complexity index is 389. The summed E-state index contributed by atoms with van der Waals surface area (Å²) in [6.45, 7) is 0. The van der Waals surface area contributed by atoms with Gasteiger partial charge >= 0.3 is 5.97 Å². The van der Waals surface area contributed by atoms with Crippen LogP contribution in [0.2, 0.25) is 0 Å². The van der Waals surface area contributed by atoms with Gasteiger partial charge in [-0.2, -0.15) is 0 Å². The van der Waals surface area contributed by atoms with E-state index in [9.17, 15) is 4.79 Å². The SMILES string of the molecule is O=C1OC2(CCCC2)c2ccccc21. The van der Waals surface area contributed by atoms with Crippen molar-refractivity contribution in [3.63, 3.8) is 0 Å². The van der Waals surface area contributed by atoms with Crippen molar-refractivity contribution in [3.05, 3.63) is 35.4 Å². The van der Waals surface area contributed by atoms with E-state index >= 15 is 0 Å². The lowest BCUT2D eigenvalue weighted by molar-refractivity contribution is -0.00481. The van der Waals surface area contributed by atoms with Gasteiger partial charge in [0, 0.05) is 5.56 Å². The summed E-state index contributed by atoms with van der Waals surface area (Å²) in [5, 5.41) is 0. The van der Waals surface area contributed by atoms with E-state index in [4.69, 9.17) is 4.74 Å². The second-order valence-corrected chi connectivity index (χ2v) is 4.14. The Morgan fingerprint density at radius 3 is 2.64 bits per heavy atom. The molecule has 0 bridgehead atoms. The van der Waals surface area contributed by atoms with Crippen LogP contribution in [-0.4, -0.2) is 5.97 Å². The molecule has 1 aromatic carbocycles. The summed E-state index contributed by atoms with van der Waals surface area (Å²) in [6.07, 6.45) is 4.33. The van der Waals surface area contributed by atoms with Gasteiger partial charge in [0.2, 0.25) is 0 Å². The van der Waals surface area contributed by atoms with Crippen LogP contribution in [0, 0.1) is 0 Å². The van der Waals surface area contributed by atoms with Gasteiger partial charge in [-0.05, 0) is 31.7 Å². The van der Waals surface area contributed by atoms with Gasteiger partial charge in [-0.25, -0.2) is 4.79 Å². The number of carbonyl (C=O) groups excluding carboxylic acids is 1. The van der Waals surface area contributed by atoms with Crippen LogP contribution in [0.15, 0.2) is 24.3 Å². The van der Waals surface area contributed by atoms with Crippen LogP contribution in [-0.2, 0) is 10.3 Å². The van der Waals surface area contributed by atoms with Crippen molar-refractivity contribution < 1.29 is 9.53 Å². The molecule has 1 aliphatic heterocycles. The van der Waals surface area contributed by atoms with E-state index in [1.807, 2.05) is 24.3 Å². The summed E-state index contributed by atoms with van der Waals surface area (Å²) >= 11 is 0. The molecule has 0 saturated heterocycles. The van der Waals surface area contributed by atoms with E-state index < -0.39 is 0 Å². The fourth-order valence-electron chi connectivity index (χ4n) is 2.66. The molecule has 2 heteroatoms. The lowest BCUT2D eigenvalue weighted by Crippen LogP contribution is -2.21. The Balaban J connectivity index is 2.18. The topological polar surface area (TPSA) is 26.3 Å². The highest BCUT2D eigenvalue weighted by molar-refractivity contribution is 5.94. The van der Waals surface area contributed by atoms with Crippen LogP contribution in [0.4, 0.5) is 0 Å². The van der Waals surface area contributed by atoms with Gasteiger partial charge in [-0.3, -0.25) is 0 Å². The molecule has 0 N–H and O–H groups in total. The zero-order valence-electron chi connectivity index (χ0n) is 7.95. The number of carbonyl (C=O) groups is 1. The maximum absolute atomic E-state index is 11.6. The third kappa shape index (κ3) is 0.884. The highest BCUT2D eigenvalue weighted by Crippen LogP contribution is 2.47. The maximum atomic E-state index is 11.6. The molecule has 0 aromatic heterocycles. The van der Waals surface area contributed by atoms with Crippen molar-refractivity contribution in [2.45, 2.75) is 31.3 Å². The smallest absolute Gasteiger partial charge is 0.339 e. The van der Waals surface area contributed by atoms with E-state index in [1.165, 1.54) is 12.8 Å². The zero-order chi connectivity index (χ0) is 9.60. The van der Waals surface area contributed by atoms with Crippen molar-refractivity contribution in [2.75, 3.05) is 0 Å². The van der Waals surface area contributed by atoms with Crippen molar-refractivity contribution in [1.29, 1.82) is 0 Å². The van der Waals surface area contributed by atoms with Gasteiger partial charge in [-0.1, -0.05) is 18.2 Å². The third-order valence-corrected chi connectivity index (χ3v) is 3.34. The minimum absolute atomic E-state index is 0.137. The number of esters is 1. The normalized spacial score (nSPS) is 22.4. The molecule has 0 amide bonds. The Morgan fingerprint density at radius 1 is 1.14 bits per heavy atom. The molecule has 1 spiro atoms. The first-order valence-electron chi connectivity index (χ1n) is 5.15. The van der Waals surface area contributed by atoms with Crippen LogP contribution >= 0.6 is 0 Å². The molecular formula is C12H12O2. The van der Waals surface area contributed by atoms with Crippen molar-refractivity contribution in [3.8, 4) is 0 Å². The number of benzene rings is 1. The number of hydrogen-bond acceptors (Lipinski definition) is 2. The summed E-state index contributed by atoms with van der Waals surface area (Å²) in [7, 11) is 0. The first-order valence-corrected chi connectivity index (χ1v) is 5.15. The first-order chi connectivity index (χ1) is 6.82. The molecule has 1 heterocycles. The molecular weight excluding hydrogens is 176 g/mol. The van der Waals surface area contributed by atoms with Crippen LogP contribution < -0.4 is 0 Å². The fourth-order valence-corrected chi connectivity index (χ4v) is 2.66. The fraction of sp³-hybridized carbons (Fsp3) is 0.417. The average molecular weight is 188 g/mol. The summed E-state index contributed by atoms with van der Waals surface area (Å²) in [5.74, 6) is -0.137. The number of rotatable bonds is 0. The summed E-state index contributed by atoms with van der Waals surface area (Å²) in [5.41, 5.74) is 1.63. The zero-order valence-corrected chi connectivity index (χ0v) is 7.95. The Kier molecular flexibility index (Phi) is 1.49. The third-order valence-electron chi connectivity index (χ3n) is 3.34. The number of fused-ring (bicyclic) bond motifs is 2. The summed E-state index contributed by atoms with van der Waals surface area (Å²) < 4.78 is 5.54. The molecule has 1 saturated carbocycles. The first kappa shape index (κ1) is 8.04. The van der Waals surface area contributed by atoms with E-state index in [2.05, 4.69) is 0 Å². The monoisotopic (exact) mass is 188 g/mol. The molecule has 3 rings (SSSR count). The minimum atomic E-state index is -0.256. The van der Waals surface area contributed by atoms with Gasteiger partial charge in [0.1, 0.15) is 5.60 Å². The molecule has 0 radical (unpaired) electrons. The Labute approximate surface area is 82.9 Å². The van der Waals surface area contributed by atoms with E-state index in [-0.39, 0.29) is 11.6 Å². The van der Waals surface area contributed by atoms with E-state index in [0.29, 0.717) is 0 Å². The minimum Gasteiger partial charge on any atom is -0.451 e. The predicted octanol–water partition coefficient (Wildman–Crippen LogP) is 2.63. The van der Waals surface area contributed by atoms with Crippen LogP contribution in [0.3, 0.4) is 0 Å². The predicted molar refractivity (Wildman–Crippen MR) is 52.0 cm³/mol. The van der Waals surface area contributed by atoms with Gasteiger partial charge in [0.25, 0.3) is 0 Å². The maximum Gasteiger partial charge on any atom is 0.339 e. The Morgan fingerprint density at radius 2 is 1.86 bits per heavy atom. The van der Waals surface area contributed by atoms with Crippen molar-refractivity contribution >= 4 is 5.97 Å².